The minimum Gasteiger partial charge on any atom is -0.466 e. The van der Waals surface area contributed by atoms with Gasteiger partial charge in [0.15, 0.2) is 0 Å². The van der Waals surface area contributed by atoms with Crippen molar-refractivity contribution in [3.63, 3.8) is 0 Å². The van der Waals surface area contributed by atoms with Crippen molar-refractivity contribution in [2.45, 2.75) is 19.3 Å². The molecule has 1 unspecified atom stereocenters. The lowest BCUT2D eigenvalue weighted by molar-refractivity contribution is -0.144. The van der Waals surface area contributed by atoms with Gasteiger partial charge < -0.3 is 4.74 Å². The number of hydrogen-bond acceptors (Lipinski definition) is 2. The van der Waals surface area contributed by atoms with E-state index in [9.17, 15) is 4.79 Å². The number of carbonyl (C=O) groups excluding carboxylic acids is 1. The maximum absolute atomic E-state index is 11.7. The Balaban J connectivity index is 2.30. The molecule has 78 valence electrons. The maximum atomic E-state index is 11.7. The van der Waals surface area contributed by atoms with E-state index >= 15 is 0 Å². The van der Waals surface area contributed by atoms with Gasteiger partial charge in [0.05, 0.1) is 12.5 Å². The molecule has 0 bridgehead atoms. The second-order valence-electron chi connectivity index (χ2n) is 3.57. The molecule has 0 saturated carbocycles. The number of esters is 1. The molecule has 0 spiro atoms. The van der Waals surface area contributed by atoms with Gasteiger partial charge in [-0.25, -0.2) is 0 Å². The summed E-state index contributed by atoms with van der Waals surface area (Å²) >= 11 is 0. The third kappa shape index (κ3) is 1.94. The summed E-state index contributed by atoms with van der Waals surface area (Å²) in [7, 11) is 0. The Labute approximate surface area is 89.6 Å². The summed E-state index contributed by atoms with van der Waals surface area (Å²) in [6.07, 6.45) is 4.84. The molecule has 0 amide bonds. The number of allylic oxidation sites excluding steroid dienone is 1. The van der Waals surface area contributed by atoms with Gasteiger partial charge >= 0.3 is 5.97 Å². The van der Waals surface area contributed by atoms with E-state index in [2.05, 4.69) is 6.08 Å². The summed E-state index contributed by atoms with van der Waals surface area (Å²) in [5.74, 6) is -0.236. The van der Waals surface area contributed by atoms with Crippen molar-refractivity contribution >= 4 is 12.0 Å². The molecule has 1 atom stereocenters. The topological polar surface area (TPSA) is 26.3 Å². The lowest BCUT2D eigenvalue weighted by Crippen LogP contribution is -2.17. The molecule has 0 heterocycles. The van der Waals surface area contributed by atoms with Crippen LogP contribution in [0, 0.1) is 0 Å². The Hall–Kier alpha value is -1.57. The van der Waals surface area contributed by atoms with E-state index in [1.54, 1.807) is 0 Å². The van der Waals surface area contributed by atoms with Crippen molar-refractivity contribution in [3.8, 4) is 0 Å². The molecule has 2 nitrogen and oxygen atoms in total. The fourth-order valence-corrected chi connectivity index (χ4v) is 1.90. The molecular weight excluding hydrogens is 188 g/mol. The second kappa shape index (κ2) is 4.30. The van der Waals surface area contributed by atoms with Crippen LogP contribution in [-0.4, -0.2) is 12.6 Å². The lowest BCUT2D eigenvalue weighted by atomic mass is 9.87. The molecule has 1 aliphatic carbocycles. The highest BCUT2D eigenvalue weighted by Crippen LogP contribution is 2.30. The minimum atomic E-state index is -0.119. The fourth-order valence-electron chi connectivity index (χ4n) is 1.90. The van der Waals surface area contributed by atoms with Gasteiger partial charge in [0.2, 0.25) is 0 Å². The highest BCUT2D eigenvalue weighted by Gasteiger charge is 2.24. The van der Waals surface area contributed by atoms with Crippen molar-refractivity contribution in [2.24, 2.45) is 0 Å². The van der Waals surface area contributed by atoms with Crippen LogP contribution in [-0.2, 0) is 9.53 Å². The average Bonchev–Trinajstić information content (AvgIpc) is 2.28. The number of carbonyl (C=O) groups is 1. The zero-order valence-electron chi connectivity index (χ0n) is 8.77. The Kier molecular flexibility index (Phi) is 2.86. The van der Waals surface area contributed by atoms with E-state index in [1.165, 1.54) is 0 Å². The minimum absolute atomic E-state index is 0.116. The number of rotatable bonds is 2. The molecule has 1 aromatic rings. The highest BCUT2D eigenvalue weighted by atomic mass is 16.5. The molecule has 1 aromatic carbocycles. The zero-order valence-corrected chi connectivity index (χ0v) is 8.77. The molecule has 0 aromatic heterocycles. The van der Waals surface area contributed by atoms with Gasteiger partial charge in [-0.3, -0.25) is 4.79 Å². The third-order valence-electron chi connectivity index (χ3n) is 2.61. The van der Waals surface area contributed by atoms with Crippen molar-refractivity contribution < 1.29 is 9.53 Å². The average molecular weight is 202 g/mol. The second-order valence-corrected chi connectivity index (χ2v) is 3.57. The summed E-state index contributed by atoms with van der Waals surface area (Å²) in [6.45, 7) is 2.28. The van der Waals surface area contributed by atoms with Crippen LogP contribution in [0.25, 0.3) is 6.08 Å². The first-order valence-electron chi connectivity index (χ1n) is 5.25. The van der Waals surface area contributed by atoms with Gasteiger partial charge in [0, 0.05) is 0 Å². The van der Waals surface area contributed by atoms with Gasteiger partial charge in [0.1, 0.15) is 0 Å². The number of hydrogen-bond donors (Lipinski definition) is 0. The molecule has 0 fully saturated rings. The van der Waals surface area contributed by atoms with E-state index in [1.807, 2.05) is 37.3 Å². The van der Waals surface area contributed by atoms with Crippen LogP contribution in [0.2, 0.25) is 0 Å². The maximum Gasteiger partial charge on any atom is 0.313 e. The van der Waals surface area contributed by atoms with Crippen LogP contribution in [0.1, 0.15) is 30.4 Å². The first-order valence-corrected chi connectivity index (χ1v) is 5.25. The lowest BCUT2D eigenvalue weighted by Gasteiger charge is -2.19. The van der Waals surface area contributed by atoms with Crippen molar-refractivity contribution in [3.05, 3.63) is 41.5 Å². The summed E-state index contributed by atoms with van der Waals surface area (Å²) in [4.78, 5) is 11.7. The fraction of sp³-hybridized carbons (Fsp3) is 0.308. The number of ether oxygens (including phenoxy) is 1. The van der Waals surface area contributed by atoms with Crippen LogP contribution in [0.15, 0.2) is 30.3 Å². The van der Waals surface area contributed by atoms with Gasteiger partial charge in [-0.1, -0.05) is 36.4 Å². The Morgan fingerprint density at radius 2 is 2.27 bits per heavy atom. The van der Waals surface area contributed by atoms with E-state index in [-0.39, 0.29) is 11.9 Å². The molecule has 1 aliphatic rings. The molecular formula is C13H14O2. The van der Waals surface area contributed by atoms with Gasteiger partial charge in [-0.2, -0.15) is 0 Å². The Morgan fingerprint density at radius 3 is 3.07 bits per heavy atom. The van der Waals surface area contributed by atoms with Gasteiger partial charge in [-0.05, 0) is 24.5 Å². The summed E-state index contributed by atoms with van der Waals surface area (Å²) in [5.41, 5.74) is 2.21. The third-order valence-corrected chi connectivity index (χ3v) is 2.61. The molecule has 2 rings (SSSR count). The van der Waals surface area contributed by atoms with Crippen LogP contribution in [0.5, 0.6) is 0 Å². The summed E-state index contributed by atoms with van der Waals surface area (Å²) < 4.78 is 5.07. The monoisotopic (exact) mass is 202 g/mol. The molecule has 0 aliphatic heterocycles. The largest absolute Gasteiger partial charge is 0.466 e. The Bertz CT molecular complexity index is 393. The predicted octanol–water partition coefficient (Wildman–Crippen LogP) is 2.75. The van der Waals surface area contributed by atoms with Crippen molar-refractivity contribution in [1.82, 2.24) is 0 Å². The first-order chi connectivity index (χ1) is 7.33. The normalized spacial score (nSPS) is 18.3. The van der Waals surface area contributed by atoms with E-state index < -0.39 is 0 Å². The number of benzene rings is 1. The molecule has 0 N–H and O–H groups in total. The van der Waals surface area contributed by atoms with Gasteiger partial charge in [0.25, 0.3) is 0 Å². The molecule has 15 heavy (non-hydrogen) atoms. The van der Waals surface area contributed by atoms with Crippen LogP contribution < -0.4 is 0 Å². The molecule has 2 heteroatoms. The van der Waals surface area contributed by atoms with Crippen molar-refractivity contribution in [1.29, 1.82) is 0 Å². The van der Waals surface area contributed by atoms with E-state index in [0.717, 1.165) is 17.5 Å². The van der Waals surface area contributed by atoms with Crippen LogP contribution >= 0.6 is 0 Å². The van der Waals surface area contributed by atoms with Gasteiger partial charge in [-0.15, -0.1) is 0 Å². The smallest absolute Gasteiger partial charge is 0.313 e. The van der Waals surface area contributed by atoms with Crippen LogP contribution in [0.4, 0.5) is 0 Å². The first kappa shape index (κ1) is 9.97. The Morgan fingerprint density at radius 1 is 1.47 bits per heavy atom. The SMILES string of the molecule is CCOC(=O)C1CC=Cc2ccccc21. The molecule has 0 saturated heterocycles. The molecule has 0 radical (unpaired) electrons. The van der Waals surface area contributed by atoms with E-state index in [0.29, 0.717) is 6.61 Å². The van der Waals surface area contributed by atoms with Crippen LogP contribution in [0.3, 0.4) is 0 Å². The predicted molar refractivity (Wildman–Crippen MR) is 59.5 cm³/mol. The summed E-state index contributed by atoms with van der Waals surface area (Å²) in [5, 5.41) is 0. The van der Waals surface area contributed by atoms with Crippen molar-refractivity contribution in [2.75, 3.05) is 6.61 Å². The van der Waals surface area contributed by atoms with E-state index in [4.69, 9.17) is 4.74 Å². The quantitative estimate of drug-likeness (QED) is 0.689. The standard InChI is InChI=1S/C13H14O2/c1-2-15-13(14)12-9-5-7-10-6-3-4-8-11(10)12/h3-8,12H,2,9H2,1H3. The number of fused-ring (bicyclic) bond motifs is 1. The summed E-state index contributed by atoms with van der Waals surface area (Å²) in [6, 6.07) is 7.97. The highest BCUT2D eigenvalue weighted by molar-refractivity contribution is 5.81. The zero-order chi connectivity index (χ0) is 10.7.